The van der Waals surface area contributed by atoms with E-state index in [4.69, 9.17) is 5.73 Å². The van der Waals surface area contributed by atoms with Gasteiger partial charge in [0.2, 0.25) is 0 Å². The highest BCUT2D eigenvalue weighted by Gasteiger charge is 1.91. The minimum Gasteiger partial charge on any atom is -0.399 e. The number of nitrogens with two attached hydrogens (primary N) is 1. The first kappa shape index (κ1) is 10.3. The Kier molecular flexibility index (Phi) is 3.74. The lowest BCUT2D eigenvalue weighted by Crippen LogP contribution is -1.90. The molecule has 0 saturated carbocycles. The molecular weight excluding hydrogens is 170 g/mol. The van der Waals surface area contributed by atoms with Crippen molar-refractivity contribution >= 4 is 5.57 Å². The van der Waals surface area contributed by atoms with E-state index in [2.05, 4.69) is 25.6 Å². The number of allylic oxidation sites excluding steroid dienone is 4. The lowest BCUT2D eigenvalue weighted by atomic mass is 10.1. The van der Waals surface area contributed by atoms with Crippen molar-refractivity contribution in [3.63, 3.8) is 0 Å². The summed E-state index contributed by atoms with van der Waals surface area (Å²) in [6.45, 7) is 5.65. The third-order valence-corrected chi connectivity index (χ3v) is 1.99. The monoisotopic (exact) mass is 185 g/mol. The fourth-order valence-corrected chi connectivity index (χ4v) is 1.09. The average molecular weight is 185 g/mol. The van der Waals surface area contributed by atoms with E-state index in [0.717, 1.165) is 0 Å². The number of hydrogen-bond donors (Lipinski definition) is 1. The molecule has 0 spiro atoms. The maximum absolute atomic E-state index is 5.60. The molecule has 0 amide bonds. The molecule has 1 nitrogen and oxygen atoms in total. The average Bonchev–Trinajstić information content (AvgIpc) is 2.26. The smallest absolute Gasteiger partial charge is 0.0308 e. The number of benzene rings is 1. The van der Waals surface area contributed by atoms with Gasteiger partial charge in [-0.1, -0.05) is 43.0 Å². The SMILES string of the molecule is C=CC(N)=CC=C(C)c1ccccc1. The fourth-order valence-electron chi connectivity index (χ4n) is 1.09. The van der Waals surface area contributed by atoms with E-state index in [1.807, 2.05) is 30.4 Å². The second-order valence-corrected chi connectivity index (χ2v) is 3.09. The van der Waals surface area contributed by atoms with Crippen LogP contribution in [0, 0.1) is 0 Å². The molecule has 1 rings (SSSR count). The lowest BCUT2D eigenvalue weighted by Gasteiger charge is -1.98. The summed E-state index contributed by atoms with van der Waals surface area (Å²) < 4.78 is 0. The van der Waals surface area contributed by atoms with Crippen LogP contribution in [0.2, 0.25) is 0 Å². The molecule has 1 heteroatoms. The molecule has 14 heavy (non-hydrogen) atoms. The largest absolute Gasteiger partial charge is 0.399 e. The Balaban J connectivity index is 2.86. The van der Waals surface area contributed by atoms with Gasteiger partial charge in [0, 0.05) is 5.70 Å². The Labute approximate surface area is 85.3 Å². The van der Waals surface area contributed by atoms with Gasteiger partial charge in [0.15, 0.2) is 0 Å². The highest BCUT2D eigenvalue weighted by atomic mass is 14.5. The zero-order valence-corrected chi connectivity index (χ0v) is 8.40. The van der Waals surface area contributed by atoms with Crippen LogP contribution in [0.1, 0.15) is 12.5 Å². The van der Waals surface area contributed by atoms with E-state index in [1.165, 1.54) is 11.1 Å². The first-order valence-corrected chi connectivity index (χ1v) is 4.56. The highest BCUT2D eigenvalue weighted by molar-refractivity contribution is 5.65. The van der Waals surface area contributed by atoms with Crippen LogP contribution in [0.15, 0.2) is 60.8 Å². The minimum absolute atomic E-state index is 0.681. The summed E-state index contributed by atoms with van der Waals surface area (Å²) in [5, 5.41) is 0. The van der Waals surface area contributed by atoms with Crippen molar-refractivity contribution < 1.29 is 0 Å². The predicted octanol–water partition coefficient (Wildman–Crippen LogP) is 3.12. The molecule has 0 saturated heterocycles. The Morgan fingerprint density at radius 1 is 1.21 bits per heavy atom. The zero-order valence-electron chi connectivity index (χ0n) is 8.40. The van der Waals surface area contributed by atoms with Crippen LogP contribution in [-0.2, 0) is 0 Å². The fraction of sp³-hybridized carbons (Fsp3) is 0.0769. The second kappa shape index (κ2) is 5.07. The summed E-state index contributed by atoms with van der Waals surface area (Å²) >= 11 is 0. The highest BCUT2D eigenvalue weighted by Crippen LogP contribution is 2.12. The molecule has 0 aliphatic rings. The number of rotatable bonds is 3. The topological polar surface area (TPSA) is 26.0 Å². The molecule has 0 atom stereocenters. The molecule has 0 heterocycles. The van der Waals surface area contributed by atoms with Crippen molar-refractivity contribution in [1.82, 2.24) is 0 Å². The Hall–Kier alpha value is -1.76. The molecule has 0 aliphatic heterocycles. The van der Waals surface area contributed by atoms with E-state index in [-0.39, 0.29) is 0 Å². The van der Waals surface area contributed by atoms with Crippen LogP contribution < -0.4 is 5.73 Å². The van der Waals surface area contributed by atoms with Gasteiger partial charge < -0.3 is 5.73 Å². The van der Waals surface area contributed by atoms with Gasteiger partial charge in [0.05, 0.1) is 0 Å². The van der Waals surface area contributed by atoms with Gasteiger partial charge in [0.25, 0.3) is 0 Å². The quantitative estimate of drug-likeness (QED) is 0.719. The molecule has 0 aromatic heterocycles. The van der Waals surface area contributed by atoms with Gasteiger partial charge in [0.1, 0.15) is 0 Å². The molecule has 0 aliphatic carbocycles. The first-order valence-electron chi connectivity index (χ1n) is 4.56. The van der Waals surface area contributed by atoms with Crippen molar-refractivity contribution in [2.45, 2.75) is 6.92 Å². The summed E-state index contributed by atoms with van der Waals surface area (Å²) in [6.07, 6.45) is 5.48. The second-order valence-electron chi connectivity index (χ2n) is 3.09. The summed E-state index contributed by atoms with van der Waals surface area (Å²) in [5.74, 6) is 0. The standard InChI is InChI=1S/C13H15N/c1-3-13(14)10-9-11(2)12-7-5-4-6-8-12/h3-10H,1,14H2,2H3. The summed E-state index contributed by atoms with van der Waals surface area (Å²) in [4.78, 5) is 0. The third kappa shape index (κ3) is 2.94. The van der Waals surface area contributed by atoms with E-state index in [1.54, 1.807) is 6.08 Å². The van der Waals surface area contributed by atoms with Crippen LogP contribution in [-0.4, -0.2) is 0 Å². The van der Waals surface area contributed by atoms with Crippen LogP contribution in [0.3, 0.4) is 0 Å². The minimum atomic E-state index is 0.681. The van der Waals surface area contributed by atoms with Gasteiger partial charge in [-0.25, -0.2) is 0 Å². The Morgan fingerprint density at radius 3 is 2.43 bits per heavy atom. The van der Waals surface area contributed by atoms with E-state index >= 15 is 0 Å². The molecule has 0 unspecified atom stereocenters. The molecular formula is C13H15N. The summed E-state index contributed by atoms with van der Waals surface area (Å²) in [5.41, 5.74) is 8.68. The first-order chi connectivity index (χ1) is 6.74. The van der Waals surface area contributed by atoms with Gasteiger partial charge in [-0.3, -0.25) is 0 Å². The van der Waals surface area contributed by atoms with Gasteiger partial charge >= 0.3 is 0 Å². The van der Waals surface area contributed by atoms with Crippen LogP contribution in [0.4, 0.5) is 0 Å². The molecule has 1 aromatic carbocycles. The Bertz CT molecular complexity index is 358. The normalized spacial score (nSPS) is 12.6. The molecule has 0 radical (unpaired) electrons. The van der Waals surface area contributed by atoms with Crippen molar-refractivity contribution in [3.05, 3.63) is 66.4 Å². The zero-order chi connectivity index (χ0) is 10.4. The molecule has 2 N–H and O–H groups in total. The van der Waals surface area contributed by atoms with E-state index in [9.17, 15) is 0 Å². The summed E-state index contributed by atoms with van der Waals surface area (Å²) in [7, 11) is 0. The third-order valence-electron chi connectivity index (χ3n) is 1.99. The Morgan fingerprint density at radius 2 is 1.86 bits per heavy atom. The van der Waals surface area contributed by atoms with Gasteiger partial charge in [-0.15, -0.1) is 0 Å². The van der Waals surface area contributed by atoms with Crippen LogP contribution in [0.5, 0.6) is 0 Å². The van der Waals surface area contributed by atoms with Crippen molar-refractivity contribution in [3.8, 4) is 0 Å². The molecule has 0 fully saturated rings. The van der Waals surface area contributed by atoms with Gasteiger partial charge in [-0.05, 0) is 30.2 Å². The maximum Gasteiger partial charge on any atom is 0.0308 e. The van der Waals surface area contributed by atoms with Crippen molar-refractivity contribution in [2.75, 3.05) is 0 Å². The number of hydrogen-bond acceptors (Lipinski definition) is 1. The van der Waals surface area contributed by atoms with Crippen LogP contribution in [0.25, 0.3) is 5.57 Å². The predicted molar refractivity (Wildman–Crippen MR) is 62.6 cm³/mol. The lowest BCUT2D eigenvalue weighted by molar-refractivity contribution is 1.43. The molecule has 1 aromatic rings. The van der Waals surface area contributed by atoms with Gasteiger partial charge in [-0.2, -0.15) is 0 Å². The van der Waals surface area contributed by atoms with Crippen molar-refractivity contribution in [1.29, 1.82) is 0 Å². The molecule has 0 bridgehead atoms. The van der Waals surface area contributed by atoms with Crippen molar-refractivity contribution in [2.24, 2.45) is 5.73 Å². The van der Waals surface area contributed by atoms with E-state index in [0.29, 0.717) is 5.70 Å². The maximum atomic E-state index is 5.60. The molecule has 72 valence electrons. The van der Waals surface area contributed by atoms with Crippen LogP contribution >= 0.6 is 0 Å². The summed E-state index contributed by atoms with van der Waals surface area (Å²) in [6, 6.07) is 10.2. The van der Waals surface area contributed by atoms with E-state index < -0.39 is 0 Å².